The van der Waals surface area contributed by atoms with Crippen LogP contribution in [0.5, 0.6) is 0 Å². The highest BCUT2D eigenvalue weighted by atomic mass is 35.5. The fourth-order valence-corrected chi connectivity index (χ4v) is 8.65. The number of ketones is 1. The second-order valence-corrected chi connectivity index (χ2v) is 11.8. The van der Waals surface area contributed by atoms with Crippen LogP contribution in [-0.2, 0) is 14.3 Å². The van der Waals surface area contributed by atoms with Crippen molar-refractivity contribution in [3.63, 3.8) is 0 Å². The van der Waals surface area contributed by atoms with Crippen LogP contribution < -0.4 is 15.9 Å². The number of rotatable bonds is 12. The van der Waals surface area contributed by atoms with Crippen LogP contribution >= 0.6 is 18.5 Å². The number of carbonyl (C=O) groups excluding carboxylic acids is 2. The zero-order valence-corrected chi connectivity index (χ0v) is 21.8. The molecule has 0 amide bonds. The van der Waals surface area contributed by atoms with E-state index in [-0.39, 0.29) is 17.7 Å². The number of alkyl halides is 1. The lowest BCUT2D eigenvalue weighted by Crippen LogP contribution is -2.37. The molecule has 0 heterocycles. The first-order chi connectivity index (χ1) is 17.2. The van der Waals surface area contributed by atoms with Crippen molar-refractivity contribution in [1.29, 1.82) is 0 Å². The predicted octanol–water partition coefficient (Wildman–Crippen LogP) is 5.64. The van der Waals surface area contributed by atoms with Gasteiger partial charge in [-0.05, 0) is 55.1 Å². The monoisotopic (exact) mass is 506 g/mol. The molecule has 0 atom stereocenters. The first-order valence-corrected chi connectivity index (χ1v) is 14.4. The van der Waals surface area contributed by atoms with Crippen LogP contribution in [-0.4, -0.2) is 29.5 Å². The third kappa shape index (κ3) is 6.42. The van der Waals surface area contributed by atoms with Crippen molar-refractivity contribution in [2.75, 3.05) is 12.5 Å². The summed E-state index contributed by atoms with van der Waals surface area (Å²) in [4.78, 5) is 27.5. The molecule has 0 aliphatic carbocycles. The van der Waals surface area contributed by atoms with Crippen molar-refractivity contribution in [3.8, 4) is 0 Å². The Bertz CT molecular complexity index is 1070. The van der Waals surface area contributed by atoms with Crippen LogP contribution in [0.25, 0.3) is 0 Å². The van der Waals surface area contributed by atoms with Crippen molar-refractivity contribution in [1.82, 2.24) is 0 Å². The summed E-state index contributed by atoms with van der Waals surface area (Å²) in [5.74, 6) is -0.221. The number of unbranched alkanes of at least 4 members (excludes halogenated alkanes) is 3. The van der Waals surface area contributed by atoms with E-state index in [1.165, 1.54) is 0 Å². The van der Waals surface area contributed by atoms with Crippen molar-refractivity contribution in [2.45, 2.75) is 32.6 Å². The molecular weight excluding hydrogens is 475 g/mol. The van der Waals surface area contributed by atoms with Gasteiger partial charge < -0.3 is 4.74 Å². The molecule has 3 nitrogen and oxygen atoms in total. The summed E-state index contributed by atoms with van der Waals surface area (Å²) in [6.07, 6.45) is 7.08. The maximum atomic E-state index is 13.9. The molecule has 0 bridgehead atoms. The molecule has 0 saturated heterocycles. The lowest BCUT2D eigenvalue weighted by molar-refractivity contribution is -0.135. The Balaban J connectivity index is 2.35. The van der Waals surface area contributed by atoms with Crippen LogP contribution in [0.3, 0.4) is 0 Å². The SMILES string of the molecule is CCOC(=O)C(C(=O)/C=C/CCCCCCl)=P(c1ccccc1)(c1ccccc1)c1ccccc1. The molecule has 0 aliphatic rings. The summed E-state index contributed by atoms with van der Waals surface area (Å²) in [6.45, 7) is -0.893. The molecule has 0 fully saturated rings. The van der Waals surface area contributed by atoms with Gasteiger partial charge in [-0.1, -0.05) is 103 Å². The van der Waals surface area contributed by atoms with Crippen LogP contribution in [0.1, 0.15) is 32.6 Å². The number of hydrogen-bond donors (Lipinski definition) is 0. The van der Waals surface area contributed by atoms with E-state index in [4.69, 9.17) is 16.3 Å². The lowest BCUT2D eigenvalue weighted by Gasteiger charge is -2.31. The lowest BCUT2D eigenvalue weighted by atomic mass is 10.2. The summed E-state index contributed by atoms with van der Waals surface area (Å²) in [5, 5.41) is 3.00. The maximum Gasteiger partial charge on any atom is 0.343 e. The van der Waals surface area contributed by atoms with Crippen molar-refractivity contribution in [3.05, 3.63) is 103 Å². The fraction of sp³-hybridized carbons (Fsp3) is 0.233. The standard InChI is InChI=1S/C30H32ClO3P/c1-2-34-30(33)29(28(32)23-15-4-3-5-16-24-31)35(25-17-9-6-10-18-25,26-19-11-7-12-20-26)27-21-13-8-14-22-27/h6-15,17-23H,2-5,16,24H2,1H3/b23-15+. The molecule has 3 rings (SSSR count). The van der Waals surface area contributed by atoms with Crippen LogP contribution in [0.4, 0.5) is 0 Å². The summed E-state index contributed by atoms with van der Waals surface area (Å²) in [7, 11) is 0. The van der Waals surface area contributed by atoms with Gasteiger partial charge in [-0.15, -0.1) is 11.6 Å². The normalized spacial score (nSPS) is 11.4. The quantitative estimate of drug-likeness (QED) is 0.0797. The van der Waals surface area contributed by atoms with E-state index in [9.17, 15) is 9.59 Å². The smallest absolute Gasteiger partial charge is 0.343 e. The predicted molar refractivity (Wildman–Crippen MR) is 150 cm³/mol. The van der Waals surface area contributed by atoms with Crippen molar-refractivity contribution < 1.29 is 14.3 Å². The van der Waals surface area contributed by atoms with E-state index in [0.29, 0.717) is 5.88 Å². The van der Waals surface area contributed by atoms with Gasteiger partial charge in [-0.25, -0.2) is 4.79 Å². The third-order valence-electron chi connectivity index (χ3n) is 5.74. The molecular formula is C30H32ClO3P. The molecule has 0 radical (unpaired) electrons. The van der Waals surface area contributed by atoms with Gasteiger partial charge in [0.05, 0.1) is 6.61 Å². The van der Waals surface area contributed by atoms with E-state index in [2.05, 4.69) is 0 Å². The average molecular weight is 507 g/mol. The largest absolute Gasteiger partial charge is 0.462 e. The molecule has 0 saturated carbocycles. The number of halogens is 1. The van der Waals surface area contributed by atoms with E-state index >= 15 is 0 Å². The average Bonchev–Trinajstić information content (AvgIpc) is 2.90. The molecule has 0 spiro atoms. The zero-order valence-electron chi connectivity index (χ0n) is 20.1. The second kappa shape index (κ2) is 13.9. The van der Waals surface area contributed by atoms with Gasteiger partial charge >= 0.3 is 5.97 Å². The number of ether oxygens (including phenoxy) is 1. The molecule has 35 heavy (non-hydrogen) atoms. The molecule has 0 aromatic heterocycles. The van der Waals surface area contributed by atoms with Crippen LogP contribution in [0, 0.1) is 0 Å². The van der Waals surface area contributed by atoms with E-state index < -0.39 is 12.9 Å². The highest BCUT2D eigenvalue weighted by molar-refractivity contribution is 7.97. The topological polar surface area (TPSA) is 43.4 Å². The van der Waals surface area contributed by atoms with Crippen molar-refractivity contribution in [2.24, 2.45) is 0 Å². The summed E-state index contributed by atoms with van der Waals surface area (Å²) in [6, 6.07) is 29.6. The minimum Gasteiger partial charge on any atom is -0.462 e. The number of benzene rings is 3. The highest BCUT2D eigenvalue weighted by Crippen LogP contribution is 2.46. The first-order valence-electron chi connectivity index (χ1n) is 12.0. The maximum absolute atomic E-state index is 13.9. The Morgan fingerprint density at radius 1 is 0.771 bits per heavy atom. The van der Waals surface area contributed by atoms with Gasteiger partial charge in [-0.2, -0.15) is 0 Å². The minimum absolute atomic E-state index is 0.191. The zero-order chi connectivity index (χ0) is 24.9. The van der Waals surface area contributed by atoms with Gasteiger partial charge in [0.2, 0.25) is 0 Å². The molecule has 0 N–H and O–H groups in total. The highest BCUT2D eigenvalue weighted by Gasteiger charge is 2.36. The Kier molecular flexibility index (Phi) is 10.6. The molecule has 182 valence electrons. The Morgan fingerprint density at radius 3 is 1.69 bits per heavy atom. The summed E-state index contributed by atoms with van der Waals surface area (Å²) < 4.78 is 5.54. The van der Waals surface area contributed by atoms with Crippen LogP contribution in [0.15, 0.2) is 103 Å². The van der Waals surface area contributed by atoms with Gasteiger partial charge in [0.15, 0.2) is 5.78 Å². The number of hydrogen-bond acceptors (Lipinski definition) is 3. The van der Waals surface area contributed by atoms with Gasteiger partial charge in [0.25, 0.3) is 0 Å². The fourth-order valence-electron chi connectivity index (χ4n) is 4.19. The number of esters is 1. The number of carbonyl (C=O) groups is 2. The first kappa shape index (κ1) is 26.7. The minimum atomic E-state index is -2.85. The Morgan fingerprint density at radius 2 is 1.26 bits per heavy atom. The summed E-state index contributed by atoms with van der Waals surface area (Å²) >= 11 is 5.77. The summed E-state index contributed by atoms with van der Waals surface area (Å²) in [5.41, 5.74) is 0. The van der Waals surface area contributed by atoms with Crippen molar-refractivity contribution >= 4 is 51.4 Å². The van der Waals surface area contributed by atoms with Gasteiger partial charge in [0.1, 0.15) is 5.29 Å². The van der Waals surface area contributed by atoms with Gasteiger partial charge in [-0.3, -0.25) is 4.79 Å². The second-order valence-electron chi connectivity index (χ2n) is 8.05. The Hall–Kier alpha value is -2.87. The third-order valence-corrected chi connectivity index (χ3v) is 10.3. The number of allylic oxidation sites excluding steroid dienone is 2. The van der Waals surface area contributed by atoms with E-state index in [0.717, 1.165) is 41.6 Å². The van der Waals surface area contributed by atoms with Gasteiger partial charge in [0, 0.05) is 5.88 Å². The van der Waals surface area contributed by atoms with E-state index in [1.54, 1.807) is 13.0 Å². The van der Waals surface area contributed by atoms with E-state index in [1.807, 2.05) is 97.1 Å². The molecule has 0 aliphatic heterocycles. The molecule has 3 aromatic carbocycles. The Labute approximate surface area is 213 Å². The molecule has 5 heteroatoms. The molecule has 0 unspecified atom stereocenters. The molecule has 3 aromatic rings. The van der Waals surface area contributed by atoms with Crippen LogP contribution in [0.2, 0.25) is 0 Å².